The number of nitrogens with zero attached hydrogens (tertiary/aromatic N) is 1. The number of fused-ring (bicyclic) bond motifs is 1. The molecule has 1 aromatic heterocycles. The molecule has 0 aliphatic rings. The molecule has 4 nitrogen and oxygen atoms in total. The standard InChI is InChI=1S/C20H20ClFN2O2/c1-12(23-13(2)25)11-24-19-7-5-16(26-3)8-15(19)10-20(24)14-4-6-18(22)17(21)9-14/h4-10,12H,11H2,1-3H3,(H,23,25). The van der Waals surface area contributed by atoms with E-state index in [2.05, 4.69) is 9.88 Å². The van der Waals surface area contributed by atoms with Crippen molar-refractivity contribution < 1.29 is 13.9 Å². The van der Waals surface area contributed by atoms with E-state index in [0.717, 1.165) is 27.9 Å². The van der Waals surface area contributed by atoms with E-state index in [1.165, 1.54) is 13.0 Å². The van der Waals surface area contributed by atoms with Crippen molar-refractivity contribution in [1.29, 1.82) is 0 Å². The van der Waals surface area contributed by atoms with Crippen molar-refractivity contribution in [2.45, 2.75) is 26.4 Å². The van der Waals surface area contributed by atoms with Crippen LogP contribution in [0.2, 0.25) is 5.02 Å². The van der Waals surface area contributed by atoms with Gasteiger partial charge in [-0.1, -0.05) is 11.6 Å². The lowest BCUT2D eigenvalue weighted by molar-refractivity contribution is -0.119. The first-order valence-corrected chi connectivity index (χ1v) is 8.66. The number of benzene rings is 2. The monoisotopic (exact) mass is 374 g/mol. The van der Waals surface area contributed by atoms with Gasteiger partial charge in [-0.2, -0.15) is 0 Å². The smallest absolute Gasteiger partial charge is 0.217 e. The quantitative estimate of drug-likeness (QED) is 0.707. The van der Waals surface area contributed by atoms with Gasteiger partial charge in [0.05, 0.1) is 12.1 Å². The molecule has 0 saturated carbocycles. The van der Waals surface area contributed by atoms with E-state index >= 15 is 0 Å². The highest BCUT2D eigenvalue weighted by Crippen LogP contribution is 2.32. The van der Waals surface area contributed by atoms with Crippen LogP contribution in [0.15, 0.2) is 42.5 Å². The van der Waals surface area contributed by atoms with Crippen LogP contribution in [0.3, 0.4) is 0 Å². The molecule has 0 spiro atoms. The van der Waals surface area contributed by atoms with Gasteiger partial charge < -0.3 is 14.6 Å². The van der Waals surface area contributed by atoms with Crippen LogP contribution < -0.4 is 10.1 Å². The Kier molecular flexibility index (Phi) is 5.18. The Morgan fingerprint density at radius 1 is 1.27 bits per heavy atom. The van der Waals surface area contributed by atoms with Gasteiger partial charge in [0.15, 0.2) is 0 Å². The SMILES string of the molecule is COc1ccc2c(c1)cc(-c1ccc(F)c(Cl)c1)n2CC(C)NC(C)=O. The number of methoxy groups -OCH3 is 1. The fraction of sp³-hybridized carbons (Fsp3) is 0.250. The number of hydrogen-bond donors (Lipinski definition) is 1. The largest absolute Gasteiger partial charge is 0.497 e. The molecular weight excluding hydrogens is 355 g/mol. The third-order valence-corrected chi connectivity index (χ3v) is 4.52. The highest BCUT2D eigenvalue weighted by atomic mass is 35.5. The summed E-state index contributed by atoms with van der Waals surface area (Å²) in [6, 6.07) is 12.4. The highest BCUT2D eigenvalue weighted by Gasteiger charge is 2.15. The predicted octanol–water partition coefficient (Wildman–Crippen LogP) is 4.63. The van der Waals surface area contributed by atoms with Gasteiger partial charge in [0, 0.05) is 36.1 Å². The average Bonchev–Trinajstić information content (AvgIpc) is 2.94. The van der Waals surface area contributed by atoms with Crippen LogP contribution in [0, 0.1) is 5.82 Å². The average molecular weight is 375 g/mol. The molecule has 1 N–H and O–H groups in total. The summed E-state index contributed by atoms with van der Waals surface area (Å²) < 4.78 is 21.0. The Bertz CT molecular complexity index is 968. The van der Waals surface area contributed by atoms with Gasteiger partial charge in [-0.3, -0.25) is 4.79 Å². The van der Waals surface area contributed by atoms with Gasteiger partial charge in [-0.15, -0.1) is 0 Å². The van der Waals surface area contributed by atoms with Crippen LogP contribution in [0.4, 0.5) is 4.39 Å². The first-order chi connectivity index (χ1) is 12.4. The van der Waals surface area contributed by atoms with Gasteiger partial charge in [0.25, 0.3) is 0 Å². The molecule has 0 fully saturated rings. The van der Waals surface area contributed by atoms with E-state index in [9.17, 15) is 9.18 Å². The molecule has 6 heteroatoms. The van der Waals surface area contributed by atoms with Crippen LogP contribution in [0.5, 0.6) is 5.75 Å². The maximum atomic E-state index is 13.6. The second-order valence-corrected chi connectivity index (χ2v) is 6.70. The summed E-state index contributed by atoms with van der Waals surface area (Å²) in [7, 11) is 1.62. The molecule has 3 aromatic rings. The van der Waals surface area contributed by atoms with Gasteiger partial charge in [0.1, 0.15) is 11.6 Å². The van der Waals surface area contributed by atoms with Crippen molar-refractivity contribution in [3.8, 4) is 17.0 Å². The number of ether oxygens (including phenoxy) is 1. The number of halogens is 2. The van der Waals surface area contributed by atoms with Crippen LogP contribution in [-0.4, -0.2) is 23.6 Å². The number of nitrogens with one attached hydrogen (secondary N) is 1. The lowest BCUT2D eigenvalue weighted by Crippen LogP contribution is -2.34. The molecule has 0 aliphatic heterocycles. The van der Waals surface area contributed by atoms with Gasteiger partial charge >= 0.3 is 0 Å². The normalized spacial score (nSPS) is 12.2. The van der Waals surface area contributed by atoms with Crippen molar-refractivity contribution in [1.82, 2.24) is 9.88 Å². The highest BCUT2D eigenvalue weighted by molar-refractivity contribution is 6.31. The van der Waals surface area contributed by atoms with Gasteiger partial charge in [0.2, 0.25) is 5.91 Å². The van der Waals surface area contributed by atoms with E-state index in [1.807, 2.05) is 31.2 Å². The van der Waals surface area contributed by atoms with Crippen LogP contribution in [-0.2, 0) is 11.3 Å². The van der Waals surface area contributed by atoms with E-state index < -0.39 is 5.82 Å². The molecular formula is C20H20ClFN2O2. The fourth-order valence-corrected chi connectivity index (χ4v) is 3.31. The number of amides is 1. The van der Waals surface area contributed by atoms with E-state index in [0.29, 0.717) is 6.54 Å². The number of carbonyl (C=O) groups excluding carboxylic acids is 1. The minimum atomic E-state index is -0.452. The van der Waals surface area contributed by atoms with Crippen LogP contribution in [0.1, 0.15) is 13.8 Å². The molecule has 0 radical (unpaired) electrons. The van der Waals surface area contributed by atoms with E-state index in [4.69, 9.17) is 16.3 Å². The molecule has 136 valence electrons. The summed E-state index contributed by atoms with van der Waals surface area (Å²) in [5.41, 5.74) is 2.70. The Balaban J connectivity index is 2.14. The number of hydrogen-bond acceptors (Lipinski definition) is 2. The lowest BCUT2D eigenvalue weighted by atomic mass is 10.1. The molecule has 26 heavy (non-hydrogen) atoms. The Hall–Kier alpha value is -2.53. The zero-order chi connectivity index (χ0) is 18.8. The molecule has 0 aliphatic carbocycles. The molecule has 3 rings (SSSR count). The molecule has 0 saturated heterocycles. The first kappa shape index (κ1) is 18.3. The summed E-state index contributed by atoms with van der Waals surface area (Å²) in [5.74, 6) is 0.224. The minimum Gasteiger partial charge on any atom is -0.497 e. The summed E-state index contributed by atoms with van der Waals surface area (Å²) in [6.45, 7) is 4.01. The van der Waals surface area contributed by atoms with Gasteiger partial charge in [-0.05, 0) is 55.0 Å². The maximum absolute atomic E-state index is 13.6. The van der Waals surface area contributed by atoms with E-state index in [-0.39, 0.29) is 17.0 Å². The zero-order valence-electron chi connectivity index (χ0n) is 14.8. The third-order valence-electron chi connectivity index (χ3n) is 4.23. The molecule has 1 amide bonds. The third kappa shape index (κ3) is 3.68. The second-order valence-electron chi connectivity index (χ2n) is 6.30. The molecule has 2 aromatic carbocycles. The summed E-state index contributed by atoms with van der Waals surface area (Å²) in [4.78, 5) is 11.4. The Labute approximate surface area is 156 Å². The predicted molar refractivity (Wildman–Crippen MR) is 102 cm³/mol. The topological polar surface area (TPSA) is 43.3 Å². The minimum absolute atomic E-state index is 0.0696. The number of rotatable bonds is 5. The lowest BCUT2D eigenvalue weighted by Gasteiger charge is -2.17. The summed E-state index contributed by atoms with van der Waals surface area (Å²) >= 11 is 5.98. The number of aromatic nitrogens is 1. The van der Waals surface area contributed by atoms with Crippen LogP contribution >= 0.6 is 11.6 Å². The van der Waals surface area contributed by atoms with Crippen molar-refractivity contribution in [2.75, 3.05) is 7.11 Å². The van der Waals surface area contributed by atoms with Crippen molar-refractivity contribution in [3.05, 3.63) is 53.3 Å². The second kappa shape index (κ2) is 7.38. The van der Waals surface area contributed by atoms with Crippen molar-refractivity contribution in [3.63, 3.8) is 0 Å². The maximum Gasteiger partial charge on any atom is 0.217 e. The van der Waals surface area contributed by atoms with E-state index in [1.54, 1.807) is 19.2 Å². The summed E-state index contributed by atoms with van der Waals surface area (Å²) in [5, 5.41) is 3.97. The summed E-state index contributed by atoms with van der Waals surface area (Å²) in [6.07, 6.45) is 0. The molecule has 1 unspecified atom stereocenters. The van der Waals surface area contributed by atoms with Crippen LogP contribution in [0.25, 0.3) is 22.2 Å². The Morgan fingerprint density at radius 2 is 2.04 bits per heavy atom. The fourth-order valence-electron chi connectivity index (χ4n) is 3.13. The first-order valence-electron chi connectivity index (χ1n) is 8.29. The molecule has 1 atom stereocenters. The number of carbonyl (C=O) groups is 1. The molecule has 1 heterocycles. The van der Waals surface area contributed by atoms with Crippen molar-refractivity contribution >= 4 is 28.4 Å². The Morgan fingerprint density at radius 3 is 2.69 bits per heavy atom. The molecule has 0 bridgehead atoms. The van der Waals surface area contributed by atoms with Gasteiger partial charge in [-0.25, -0.2) is 4.39 Å². The van der Waals surface area contributed by atoms with Crippen molar-refractivity contribution in [2.24, 2.45) is 0 Å². The zero-order valence-corrected chi connectivity index (χ0v) is 15.6.